The number of nitrogens with zero attached hydrogens (tertiary/aromatic N) is 1. The van der Waals surface area contributed by atoms with Crippen LogP contribution in [0.3, 0.4) is 0 Å². The lowest BCUT2D eigenvalue weighted by atomic mass is 9.94. The highest BCUT2D eigenvalue weighted by atomic mass is 16.2. The van der Waals surface area contributed by atoms with Crippen molar-refractivity contribution >= 4 is 11.8 Å². The summed E-state index contributed by atoms with van der Waals surface area (Å²) in [4.78, 5) is 26.9. The summed E-state index contributed by atoms with van der Waals surface area (Å²) in [7, 11) is 0. The van der Waals surface area contributed by atoms with E-state index in [0.29, 0.717) is 6.54 Å². The van der Waals surface area contributed by atoms with Crippen LogP contribution < -0.4 is 5.32 Å². The number of hydrogen-bond acceptors (Lipinski definition) is 2. The molecule has 2 aromatic carbocycles. The van der Waals surface area contributed by atoms with Crippen LogP contribution in [0.15, 0.2) is 60.7 Å². The minimum absolute atomic E-state index is 0.0519. The predicted octanol–water partition coefficient (Wildman–Crippen LogP) is 3.03. The second-order valence-corrected chi connectivity index (χ2v) is 7.07. The second-order valence-electron chi connectivity index (χ2n) is 7.07. The van der Waals surface area contributed by atoms with Gasteiger partial charge in [0.1, 0.15) is 0 Å². The summed E-state index contributed by atoms with van der Waals surface area (Å²) in [6.45, 7) is 4.03. The first-order chi connectivity index (χ1) is 12.6. The van der Waals surface area contributed by atoms with Gasteiger partial charge in [-0.3, -0.25) is 9.59 Å². The summed E-state index contributed by atoms with van der Waals surface area (Å²) >= 11 is 0. The quantitative estimate of drug-likeness (QED) is 0.834. The van der Waals surface area contributed by atoms with Crippen molar-refractivity contribution in [3.05, 3.63) is 71.8 Å². The molecule has 1 fully saturated rings. The Morgan fingerprint density at radius 1 is 1.04 bits per heavy atom. The minimum Gasteiger partial charge on any atom is -0.352 e. The molecule has 4 heteroatoms. The molecule has 2 aromatic rings. The van der Waals surface area contributed by atoms with E-state index in [9.17, 15) is 9.59 Å². The number of amides is 2. The van der Waals surface area contributed by atoms with Gasteiger partial charge in [-0.15, -0.1) is 0 Å². The number of rotatable bonds is 7. The topological polar surface area (TPSA) is 49.4 Å². The van der Waals surface area contributed by atoms with Crippen LogP contribution >= 0.6 is 0 Å². The van der Waals surface area contributed by atoms with Gasteiger partial charge in [0.15, 0.2) is 0 Å². The summed E-state index contributed by atoms with van der Waals surface area (Å²) in [6, 6.07) is 20.0. The molecule has 1 heterocycles. The van der Waals surface area contributed by atoms with Crippen molar-refractivity contribution in [2.24, 2.45) is 11.8 Å². The van der Waals surface area contributed by atoms with E-state index in [1.54, 1.807) is 0 Å². The van der Waals surface area contributed by atoms with Gasteiger partial charge in [-0.2, -0.15) is 0 Å². The molecule has 0 bridgehead atoms. The summed E-state index contributed by atoms with van der Waals surface area (Å²) in [6.07, 6.45) is 1.13. The molecule has 1 saturated heterocycles. The van der Waals surface area contributed by atoms with E-state index in [1.807, 2.05) is 53.4 Å². The Balaban J connectivity index is 1.48. The van der Waals surface area contributed by atoms with Gasteiger partial charge in [0, 0.05) is 26.1 Å². The Hall–Kier alpha value is -2.62. The lowest BCUT2D eigenvalue weighted by molar-refractivity contribution is -0.134. The van der Waals surface area contributed by atoms with Crippen molar-refractivity contribution in [3.63, 3.8) is 0 Å². The van der Waals surface area contributed by atoms with Crippen molar-refractivity contribution in [2.45, 2.75) is 26.3 Å². The zero-order valence-corrected chi connectivity index (χ0v) is 15.2. The van der Waals surface area contributed by atoms with Gasteiger partial charge >= 0.3 is 0 Å². The zero-order valence-electron chi connectivity index (χ0n) is 15.2. The fourth-order valence-electron chi connectivity index (χ4n) is 3.51. The normalized spacial score (nSPS) is 19.6. The number of benzene rings is 2. The first-order valence-electron chi connectivity index (χ1n) is 9.27. The van der Waals surface area contributed by atoms with E-state index in [0.717, 1.165) is 25.1 Å². The zero-order chi connectivity index (χ0) is 18.4. The Kier molecular flexibility index (Phi) is 6.05. The average molecular weight is 350 g/mol. The fourth-order valence-corrected chi connectivity index (χ4v) is 3.51. The minimum atomic E-state index is -0.207. The molecule has 1 aliphatic rings. The standard InChI is InChI=1S/C22H26N2O2/c1-17-16-24(13-12-18-8-4-2-5-9-18)22(26)20(17)14-21(25)23-15-19-10-6-3-7-11-19/h2-11,17,20H,12-16H2,1H3,(H,23,25)/t17-,20+/m0/s1. The molecule has 4 nitrogen and oxygen atoms in total. The number of carbonyl (C=O) groups excluding carboxylic acids is 2. The van der Waals surface area contributed by atoms with Gasteiger partial charge in [0.05, 0.1) is 5.92 Å². The van der Waals surface area contributed by atoms with Gasteiger partial charge < -0.3 is 10.2 Å². The molecule has 0 aromatic heterocycles. The maximum atomic E-state index is 12.7. The van der Waals surface area contributed by atoms with E-state index >= 15 is 0 Å². The molecule has 1 aliphatic heterocycles. The lowest BCUT2D eigenvalue weighted by Gasteiger charge is -2.16. The first-order valence-corrected chi connectivity index (χ1v) is 9.27. The molecule has 0 spiro atoms. The van der Waals surface area contributed by atoms with E-state index in [2.05, 4.69) is 24.4 Å². The largest absolute Gasteiger partial charge is 0.352 e. The predicted molar refractivity (Wildman–Crippen MR) is 102 cm³/mol. The SMILES string of the molecule is C[C@H]1CN(CCc2ccccc2)C(=O)[C@@H]1CC(=O)NCc1ccccc1. The summed E-state index contributed by atoms with van der Waals surface area (Å²) < 4.78 is 0. The number of hydrogen-bond donors (Lipinski definition) is 1. The lowest BCUT2D eigenvalue weighted by Crippen LogP contribution is -2.32. The molecule has 2 amide bonds. The third-order valence-electron chi connectivity index (χ3n) is 5.08. The Bertz CT molecular complexity index is 730. The number of nitrogens with one attached hydrogen (secondary N) is 1. The van der Waals surface area contributed by atoms with Crippen LogP contribution in [0, 0.1) is 11.8 Å². The maximum absolute atomic E-state index is 12.7. The van der Waals surface area contributed by atoms with Gasteiger partial charge in [-0.05, 0) is 23.5 Å². The Labute approximate surface area is 155 Å². The van der Waals surface area contributed by atoms with Gasteiger partial charge in [-0.25, -0.2) is 0 Å². The molecule has 2 atom stereocenters. The summed E-state index contributed by atoms with van der Waals surface area (Å²) in [5.74, 6) is 0.0644. The third kappa shape index (κ3) is 4.72. The van der Waals surface area contributed by atoms with Crippen LogP contribution in [0.2, 0.25) is 0 Å². The molecule has 0 saturated carbocycles. The van der Waals surface area contributed by atoms with Crippen molar-refractivity contribution in [1.82, 2.24) is 10.2 Å². The van der Waals surface area contributed by atoms with E-state index in [-0.39, 0.29) is 30.1 Å². The highest BCUT2D eigenvalue weighted by Crippen LogP contribution is 2.27. The molecule has 0 unspecified atom stereocenters. The Morgan fingerprint density at radius 2 is 1.65 bits per heavy atom. The van der Waals surface area contributed by atoms with E-state index in [1.165, 1.54) is 5.56 Å². The smallest absolute Gasteiger partial charge is 0.226 e. The third-order valence-corrected chi connectivity index (χ3v) is 5.08. The van der Waals surface area contributed by atoms with Crippen molar-refractivity contribution < 1.29 is 9.59 Å². The maximum Gasteiger partial charge on any atom is 0.226 e. The molecule has 0 radical (unpaired) electrons. The number of carbonyl (C=O) groups is 2. The average Bonchev–Trinajstić information content (AvgIpc) is 2.94. The van der Waals surface area contributed by atoms with Crippen LogP contribution in [0.5, 0.6) is 0 Å². The second kappa shape index (κ2) is 8.65. The molecular weight excluding hydrogens is 324 g/mol. The molecule has 26 heavy (non-hydrogen) atoms. The molecule has 136 valence electrons. The monoisotopic (exact) mass is 350 g/mol. The van der Waals surface area contributed by atoms with Crippen molar-refractivity contribution in [1.29, 1.82) is 0 Å². The van der Waals surface area contributed by atoms with Crippen LogP contribution in [-0.2, 0) is 22.6 Å². The molecular formula is C22H26N2O2. The van der Waals surface area contributed by atoms with E-state index < -0.39 is 0 Å². The first kappa shape index (κ1) is 18.2. The highest BCUT2D eigenvalue weighted by molar-refractivity contribution is 5.87. The Morgan fingerprint density at radius 3 is 2.31 bits per heavy atom. The van der Waals surface area contributed by atoms with Crippen LogP contribution in [0.1, 0.15) is 24.5 Å². The summed E-state index contributed by atoms with van der Waals surface area (Å²) in [5, 5.41) is 2.93. The number of likely N-dealkylation sites (tertiary alicyclic amines) is 1. The highest BCUT2D eigenvalue weighted by Gasteiger charge is 2.38. The van der Waals surface area contributed by atoms with Crippen LogP contribution in [-0.4, -0.2) is 29.8 Å². The van der Waals surface area contributed by atoms with E-state index in [4.69, 9.17) is 0 Å². The van der Waals surface area contributed by atoms with Gasteiger partial charge in [-0.1, -0.05) is 67.6 Å². The van der Waals surface area contributed by atoms with Crippen LogP contribution in [0.4, 0.5) is 0 Å². The summed E-state index contributed by atoms with van der Waals surface area (Å²) in [5.41, 5.74) is 2.30. The molecule has 3 rings (SSSR count). The van der Waals surface area contributed by atoms with Crippen molar-refractivity contribution in [2.75, 3.05) is 13.1 Å². The van der Waals surface area contributed by atoms with Gasteiger partial charge in [0.2, 0.25) is 11.8 Å². The molecule has 1 N–H and O–H groups in total. The van der Waals surface area contributed by atoms with Crippen LogP contribution in [0.25, 0.3) is 0 Å². The molecule has 0 aliphatic carbocycles. The van der Waals surface area contributed by atoms with Crippen molar-refractivity contribution in [3.8, 4) is 0 Å². The fraction of sp³-hybridized carbons (Fsp3) is 0.364. The van der Waals surface area contributed by atoms with Gasteiger partial charge in [0.25, 0.3) is 0 Å².